The average Bonchev–Trinajstić information content (AvgIpc) is 3.48. The quantitative estimate of drug-likeness (QED) is 0.446. The molecule has 4 aromatic rings. The maximum atomic E-state index is 13.7. The number of aromatic nitrogens is 4. The summed E-state index contributed by atoms with van der Waals surface area (Å²) in [6.45, 7) is 1.89. The predicted octanol–water partition coefficient (Wildman–Crippen LogP) is 4.26. The molecule has 0 atom stereocenters. The summed E-state index contributed by atoms with van der Waals surface area (Å²) in [7, 11) is 0. The summed E-state index contributed by atoms with van der Waals surface area (Å²) in [6, 6.07) is 10.2. The van der Waals surface area contributed by atoms with Crippen molar-refractivity contribution in [2.75, 3.05) is 6.79 Å². The highest BCUT2D eigenvalue weighted by molar-refractivity contribution is 7.98. The van der Waals surface area contributed by atoms with E-state index in [-0.39, 0.29) is 12.6 Å². The zero-order chi connectivity index (χ0) is 19.8. The first-order chi connectivity index (χ1) is 14.2. The zero-order valence-corrected chi connectivity index (χ0v) is 15.9. The van der Waals surface area contributed by atoms with Crippen molar-refractivity contribution >= 4 is 11.8 Å². The van der Waals surface area contributed by atoms with Crippen LogP contribution in [0.2, 0.25) is 0 Å². The second-order valence-electron chi connectivity index (χ2n) is 6.21. The molecule has 0 bridgehead atoms. The van der Waals surface area contributed by atoms with Crippen molar-refractivity contribution in [3.05, 3.63) is 53.7 Å². The van der Waals surface area contributed by atoms with Gasteiger partial charge < -0.3 is 18.4 Å². The molecular formula is C19H13FN4O4S. The molecular weight excluding hydrogens is 399 g/mol. The lowest BCUT2D eigenvalue weighted by molar-refractivity contribution is 0.174. The summed E-state index contributed by atoms with van der Waals surface area (Å²) in [6.07, 6.45) is 0. The molecule has 0 saturated carbocycles. The van der Waals surface area contributed by atoms with Crippen LogP contribution in [0.4, 0.5) is 4.39 Å². The van der Waals surface area contributed by atoms with Gasteiger partial charge in [-0.15, -0.1) is 10.2 Å². The molecule has 0 saturated heterocycles. The van der Waals surface area contributed by atoms with Gasteiger partial charge in [-0.1, -0.05) is 29.1 Å². The minimum atomic E-state index is -0.315. The zero-order valence-electron chi connectivity index (χ0n) is 15.1. The molecule has 3 heterocycles. The molecule has 2 aromatic carbocycles. The number of ether oxygens (including phenoxy) is 2. The van der Waals surface area contributed by atoms with E-state index in [0.29, 0.717) is 51.2 Å². The van der Waals surface area contributed by atoms with Gasteiger partial charge in [-0.25, -0.2) is 4.39 Å². The Bertz CT molecular complexity index is 1190. The number of hydrogen-bond acceptors (Lipinski definition) is 9. The second kappa shape index (κ2) is 7.21. The normalized spacial score (nSPS) is 12.5. The monoisotopic (exact) mass is 412 g/mol. The van der Waals surface area contributed by atoms with Gasteiger partial charge in [0, 0.05) is 11.1 Å². The molecule has 0 unspecified atom stereocenters. The maximum Gasteiger partial charge on any atom is 0.277 e. The lowest BCUT2D eigenvalue weighted by Gasteiger charge is -1.98. The third-order valence-electron chi connectivity index (χ3n) is 4.24. The van der Waals surface area contributed by atoms with Crippen molar-refractivity contribution in [1.82, 2.24) is 20.3 Å². The smallest absolute Gasteiger partial charge is 0.277 e. The third-order valence-corrected chi connectivity index (χ3v) is 5.05. The van der Waals surface area contributed by atoms with Crippen molar-refractivity contribution in [3.63, 3.8) is 0 Å². The van der Waals surface area contributed by atoms with Crippen LogP contribution in [0.25, 0.3) is 22.8 Å². The van der Waals surface area contributed by atoms with Crippen molar-refractivity contribution < 1.29 is 22.8 Å². The van der Waals surface area contributed by atoms with Gasteiger partial charge in [0.15, 0.2) is 11.5 Å². The molecule has 0 amide bonds. The van der Waals surface area contributed by atoms with Gasteiger partial charge >= 0.3 is 0 Å². The molecule has 0 N–H and O–H groups in total. The molecule has 5 rings (SSSR count). The van der Waals surface area contributed by atoms with E-state index < -0.39 is 0 Å². The van der Waals surface area contributed by atoms with E-state index in [2.05, 4.69) is 20.3 Å². The largest absolute Gasteiger partial charge is 0.454 e. The first-order valence-corrected chi connectivity index (χ1v) is 9.60. The number of halogens is 1. The minimum absolute atomic E-state index is 0.200. The number of thioether (sulfide) groups is 1. The second-order valence-corrected chi connectivity index (χ2v) is 7.13. The number of benzene rings is 2. The fourth-order valence-corrected chi connectivity index (χ4v) is 3.30. The standard InChI is InChI=1S/C19H13FN4O4S/c1-10-2-3-11(6-13(10)20)17-21-16(28-24-17)8-29-19-23-22-18(27-19)12-4-5-14-15(7-12)26-9-25-14/h2-7H,8-9H2,1H3. The summed E-state index contributed by atoms with van der Waals surface area (Å²) >= 11 is 1.26. The van der Waals surface area contributed by atoms with E-state index in [9.17, 15) is 4.39 Å². The fourth-order valence-electron chi connectivity index (χ4n) is 2.70. The molecule has 29 heavy (non-hydrogen) atoms. The summed E-state index contributed by atoms with van der Waals surface area (Å²) in [5.41, 5.74) is 1.84. The van der Waals surface area contributed by atoms with E-state index in [0.717, 1.165) is 5.56 Å². The summed E-state index contributed by atoms with van der Waals surface area (Å²) < 4.78 is 35.3. The molecule has 2 aromatic heterocycles. The number of hydrogen-bond donors (Lipinski definition) is 0. The van der Waals surface area contributed by atoms with Crippen molar-refractivity contribution in [2.24, 2.45) is 0 Å². The van der Waals surface area contributed by atoms with Crippen LogP contribution in [0.3, 0.4) is 0 Å². The molecule has 8 nitrogen and oxygen atoms in total. The van der Waals surface area contributed by atoms with E-state index in [1.807, 2.05) is 6.07 Å². The summed E-state index contributed by atoms with van der Waals surface area (Å²) in [5.74, 6) is 2.41. The van der Waals surface area contributed by atoms with Gasteiger partial charge in [0.2, 0.25) is 24.4 Å². The van der Waals surface area contributed by atoms with Gasteiger partial charge in [-0.2, -0.15) is 4.98 Å². The molecule has 0 spiro atoms. The highest BCUT2D eigenvalue weighted by atomic mass is 32.2. The highest BCUT2D eigenvalue weighted by Crippen LogP contribution is 2.36. The Morgan fingerprint density at radius 1 is 1.03 bits per heavy atom. The van der Waals surface area contributed by atoms with E-state index in [1.54, 1.807) is 31.2 Å². The Labute approximate surface area is 168 Å². The van der Waals surface area contributed by atoms with Crippen LogP contribution in [0, 0.1) is 12.7 Å². The van der Waals surface area contributed by atoms with Crippen LogP contribution in [-0.2, 0) is 5.75 Å². The topological polar surface area (TPSA) is 96.3 Å². The van der Waals surface area contributed by atoms with Gasteiger partial charge in [-0.3, -0.25) is 0 Å². The number of fused-ring (bicyclic) bond motifs is 1. The first-order valence-electron chi connectivity index (χ1n) is 8.61. The molecule has 0 fully saturated rings. The summed E-state index contributed by atoms with van der Waals surface area (Å²) in [5, 5.41) is 12.3. The maximum absolute atomic E-state index is 13.7. The van der Waals surface area contributed by atoms with E-state index in [4.69, 9.17) is 18.4 Å². The molecule has 146 valence electrons. The van der Waals surface area contributed by atoms with Crippen LogP contribution in [0.5, 0.6) is 11.5 Å². The Morgan fingerprint density at radius 3 is 2.79 bits per heavy atom. The predicted molar refractivity (Wildman–Crippen MR) is 99.8 cm³/mol. The van der Waals surface area contributed by atoms with Crippen LogP contribution in [0.1, 0.15) is 11.5 Å². The minimum Gasteiger partial charge on any atom is -0.454 e. The third kappa shape index (κ3) is 3.54. The van der Waals surface area contributed by atoms with Crippen molar-refractivity contribution in [1.29, 1.82) is 0 Å². The van der Waals surface area contributed by atoms with Crippen LogP contribution in [-0.4, -0.2) is 27.1 Å². The van der Waals surface area contributed by atoms with E-state index in [1.165, 1.54) is 17.8 Å². The lowest BCUT2D eigenvalue weighted by atomic mass is 10.1. The molecule has 1 aliphatic rings. The Morgan fingerprint density at radius 2 is 1.90 bits per heavy atom. The number of nitrogens with zero attached hydrogens (tertiary/aromatic N) is 4. The SMILES string of the molecule is Cc1ccc(-c2noc(CSc3nnc(-c4ccc5c(c4)OCO5)o3)n2)cc1F. The highest BCUT2D eigenvalue weighted by Gasteiger charge is 2.17. The van der Waals surface area contributed by atoms with Gasteiger partial charge in [0.1, 0.15) is 5.82 Å². The first kappa shape index (κ1) is 17.7. The molecule has 1 aliphatic heterocycles. The van der Waals surface area contributed by atoms with Crippen molar-refractivity contribution in [3.8, 4) is 34.3 Å². The lowest BCUT2D eigenvalue weighted by Crippen LogP contribution is -1.92. The molecule has 0 radical (unpaired) electrons. The molecule has 10 heteroatoms. The van der Waals surface area contributed by atoms with Crippen LogP contribution in [0.15, 0.2) is 50.6 Å². The molecule has 0 aliphatic carbocycles. The van der Waals surface area contributed by atoms with E-state index >= 15 is 0 Å². The average molecular weight is 412 g/mol. The van der Waals surface area contributed by atoms with Crippen LogP contribution >= 0.6 is 11.8 Å². The number of rotatable bonds is 5. The summed E-state index contributed by atoms with van der Waals surface area (Å²) in [4.78, 5) is 4.29. The Balaban J connectivity index is 1.27. The fraction of sp³-hybridized carbons (Fsp3) is 0.158. The van der Waals surface area contributed by atoms with Crippen molar-refractivity contribution in [2.45, 2.75) is 17.9 Å². The van der Waals surface area contributed by atoms with Gasteiger partial charge in [0.25, 0.3) is 5.22 Å². The number of aryl methyl sites for hydroxylation is 1. The Hall–Kier alpha value is -3.40. The van der Waals surface area contributed by atoms with Gasteiger partial charge in [-0.05, 0) is 36.8 Å². The Kier molecular flexibility index (Phi) is 4.39. The van der Waals surface area contributed by atoms with Gasteiger partial charge in [0.05, 0.1) is 5.75 Å². The van der Waals surface area contributed by atoms with Crippen LogP contribution < -0.4 is 9.47 Å².